The average molecular weight is 244 g/mol. The largest absolute Gasteiger partial charge is 0.147 e. The van der Waals surface area contributed by atoms with Gasteiger partial charge in [0.2, 0.25) is 0 Å². The molecule has 0 unspecified atom stereocenters. The molecule has 0 saturated heterocycles. The minimum Gasteiger partial charge on any atom is -0.147 e. The van der Waals surface area contributed by atoms with Gasteiger partial charge in [-0.05, 0) is 0 Å². The minimum atomic E-state index is 0. The van der Waals surface area contributed by atoms with E-state index in [4.69, 9.17) is 0 Å². The fourth-order valence-corrected chi connectivity index (χ4v) is 0. The summed E-state index contributed by atoms with van der Waals surface area (Å²) in [6.07, 6.45) is 0. The first-order chi connectivity index (χ1) is 0. The van der Waals surface area contributed by atoms with Crippen LogP contribution < -0.4 is 0 Å². The van der Waals surface area contributed by atoms with E-state index in [1.165, 1.54) is 0 Å². The Bertz CT molecular complexity index is 6.85. The number of halogens is 3. The van der Waals surface area contributed by atoms with Crippen molar-refractivity contribution in [3.05, 3.63) is 0 Å². The summed E-state index contributed by atoms with van der Waals surface area (Å²) in [5, 5.41) is 0. The van der Waals surface area contributed by atoms with Gasteiger partial charge in [-0.1, -0.05) is 7.43 Å². The van der Waals surface area contributed by atoms with Crippen LogP contribution in [0, 0.1) is 0 Å². The summed E-state index contributed by atoms with van der Waals surface area (Å²) in [6, 6.07) is 0. The van der Waals surface area contributed by atoms with Crippen molar-refractivity contribution in [3.63, 3.8) is 0 Å². The van der Waals surface area contributed by atoms with Gasteiger partial charge in [-0.25, -0.2) is 0 Å². The zero-order valence-electron chi connectivity index (χ0n) is 1.72. The molecule has 0 amide bonds. The summed E-state index contributed by atoms with van der Waals surface area (Å²) in [5.41, 5.74) is 0. The maximum atomic E-state index is 0. The minimum absolute atomic E-state index is 0. The van der Waals surface area contributed by atoms with Gasteiger partial charge in [-0.3, -0.25) is 0 Å². The molecule has 0 aromatic carbocycles. The molecule has 5 heavy (non-hydrogen) atoms. The third-order valence-corrected chi connectivity index (χ3v) is 0. The van der Waals surface area contributed by atoms with Crippen molar-refractivity contribution in [1.82, 2.24) is 0 Å². The Morgan fingerprint density at radius 3 is 0.600 bits per heavy atom. The third-order valence-electron chi connectivity index (χ3n) is 0. The van der Waals surface area contributed by atoms with Crippen LogP contribution in [-0.4, -0.2) is 23.9 Å². The van der Waals surface area contributed by atoms with Gasteiger partial charge in [0, 0.05) is 23.9 Å². The molecule has 0 fully saturated rings. The topological polar surface area (TPSA) is 0 Å². The van der Waals surface area contributed by atoms with Gasteiger partial charge >= 0.3 is 0 Å². The fourth-order valence-electron chi connectivity index (χ4n) is 0. The zero-order valence-corrected chi connectivity index (χ0v) is 7.03. The van der Waals surface area contributed by atoms with E-state index in [9.17, 15) is 0 Å². The van der Waals surface area contributed by atoms with Gasteiger partial charge < -0.3 is 0 Å². The SMILES string of the molecule is C.Cl.Cl.Cl.[Sn]. The van der Waals surface area contributed by atoms with Crippen molar-refractivity contribution in [3.8, 4) is 0 Å². The predicted octanol–water partition coefficient (Wildman–Crippen LogP) is 1.52. The number of rotatable bonds is 0. The smallest absolute Gasteiger partial charge is 0 e. The van der Waals surface area contributed by atoms with E-state index in [0.29, 0.717) is 0 Å². The normalized spacial score (nSPS) is 0. The van der Waals surface area contributed by atoms with E-state index in [1.807, 2.05) is 0 Å². The van der Waals surface area contributed by atoms with Crippen LogP contribution in [-0.2, 0) is 0 Å². The van der Waals surface area contributed by atoms with Gasteiger partial charge in [0.15, 0.2) is 0 Å². The Balaban J connectivity index is 0. The summed E-state index contributed by atoms with van der Waals surface area (Å²) in [4.78, 5) is 0. The summed E-state index contributed by atoms with van der Waals surface area (Å²) >= 11 is 0. The van der Waals surface area contributed by atoms with Crippen LogP contribution in [0.5, 0.6) is 0 Å². The predicted molar refractivity (Wildman–Crippen MR) is 34.2 cm³/mol. The summed E-state index contributed by atoms with van der Waals surface area (Å²) in [5.74, 6) is 0. The molecule has 0 aromatic rings. The van der Waals surface area contributed by atoms with Crippen LogP contribution in [0.1, 0.15) is 7.43 Å². The zero-order chi connectivity index (χ0) is 0. The molecule has 36 valence electrons. The van der Waals surface area contributed by atoms with E-state index in [-0.39, 0.29) is 68.6 Å². The molecule has 0 saturated carbocycles. The molecule has 0 aromatic heterocycles. The summed E-state index contributed by atoms with van der Waals surface area (Å²) in [7, 11) is 0. The molecular weight excluding hydrogens is 237 g/mol. The second-order valence-electron chi connectivity index (χ2n) is 0. The monoisotopic (exact) mass is 244 g/mol. The molecule has 4 heteroatoms. The van der Waals surface area contributed by atoms with Crippen molar-refractivity contribution in [2.45, 2.75) is 7.43 Å². The fraction of sp³-hybridized carbons (Fsp3) is 1.00. The van der Waals surface area contributed by atoms with Gasteiger partial charge in [0.05, 0.1) is 0 Å². The molecule has 0 N–H and O–H groups in total. The van der Waals surface area contributed by atoms with Crippen molar-refractivity contribution < 1.29 is 0 Å². The van der Waals surface area contributed by atoms with Crippen LogP contribution in [0.3, 0.4) is 0 Å². The Labute approximate surface area is 68.3 Å². The van der Waals surface area contributed by atoms with Gasteiger partial charge in [0.1, 0.15) is 0 Å². The van der Waals surface area contributed by atoms with E-state index in [1.54, 1.807) is 0 Å². The van der Waals surface area contributed by atoms with E-state index >= 15 is 0 Å². The van der Waals surface area contributed by atoms with E-state index in [2.05, 4.69) is 0 Å². The maximum Gasteiger partial charge on any atom is 0 e. The first-order valence-corrected chi connectivity index (χ1v) is 0. The molecule has 0 aliphatic rings. The third kappa shape index (κ3) is 27.4. The molecule has 4 radical (unpaired) electrons. The molecular formula is CH7Cl3Sn. The molecule has 0 aliphatic heterocycles. The first-order valence-electron chi connectivity index (χ1n) is 0. The van der Waals surface area contributed by atoms with Gasteiger partial charge in [0.25, 0.3) is 0 Å². The summed E-state index contributed by atoms with van der Waals surface area (Å²) in [6.45, 7) is 0. The Morgan fingerprint density at radius 2 is 0.600 bits per heavy atom. The van der Waals surface area contributed by atoms with Crippen molar-refractivity contribution in [2.75, 3.05) is 0 Å². The van der Waals surface area contributed by atoms with Crippen LogP contribution in [0.25, 0.3) is 0 Å². The number of hydrogen-bond donors (Lipinski definition) is 0. The molecule has 0 bridgehead atoms. The molecule has 0 atom stereocenters. The average Bonchev–Trinajstić information content (AvgIpc) is 0. The second kappa shape index (κ2) is 44.4. The van der Waals surface area contributed by atoms with Crippen LogP contribution >= 0.6 is 37.2 Å². The van der Waals surface area contributed by atoms with E-state index < -0.39 is 0 Å². The van der Waals surface area contributed by atoms with Crippen LogP contribution in [0.4, 0.5) is 0 Å². The van der Waals surface area contributed by atoms with E-state index in [0.717, 1.165) is 0 Å². The Hall–Kier alpha value is 1.67. The summed E-state index contributed by atoms with van der Waals surface area (Å²) < 4.78 is 0. The molecule has 0 heterocycles. The van der Waals surface area contributed by atoms with Crippen molar-refractivity contribution in [1.29, 1.82) is 0 Å². The van der Waals surface area contributed by atoms with Gasteiger partial charge in [-0.2, -0.15) is 0 Å². The Morgan fingerprint density at radius 1 is 0.600 bits per heavy atom. The molecule has 0 spiro atoms. The van der Waals surface area contributed by atoms with Crippen LogP contribution in [0.2, 0.25) is 0 Å². The number of hydrogen-bond acceptors (Lipinski definition) is 0. The second-order valence-corrected chi connectivity index (χ2v) is 0. The van der Waals surface area contributed by atoms with Gasteiger partial charge in [-0.15, -0.1) is 37.2 Å². The molecule has 0 rings (SSSR count). The van der Waals surface area contributed by atoms with Crippen LogP contribution in [0.15, 0.2) is 0 Å². The quantitative estimate of drug-likeness (QED) is 0.567. The molecule has 0 aliphatic carbocycles. The molecule has 0 nitrogen and oxygen atoms in total. The first kappa shape index (κ1) is 77.0. The standard InChI is InChI=1S/CH4.3ClH.Sn/h1H4;3*1H;. The Kier molecular flexibility index (Phi) is 683. The van der Waals surface area contributed by atoms with Crippen molar-refractivity contribution >= 4 is 61.1 Å². The van der Waals surface area contributed by atoms with Crippen molar-refractivity contribution in [2.24, 2.45) is 0 Å². The maximum absolute atomic E-state index is 0.